The minimum absolute atomic E-state index is 0.319. The molecule has 0 atom stereocenters. The summed E-state index contributed by atoms with van der Waals surface area (Å²) in [5, 5.41) is 0. The van der Waals surface area contributed by atoms with Crippen molar-refractivity contribution in [2.75, 3.05) is 22.7 Å². The second-order valence-corrected chi connectivity index (χ2v) is 8.24. The van der Waals surface area contributed by atoms with Gasteiger partial charge in [0, 0.05) is 24.5 Å². The van der Waals surface area contributed by atoms with Crippen LogP contribution in [-0.2, 0) is 10.0 Å². The van der Waals surface area contributed by atoms with Crippen LogP contribution < -0.4 is 9.62 Å². The Bertz CT molecular complexity index is 792. The van der Waals surface area contributed by atoms with Gasteiger partial charge in [0.15, 0.2) is 0 Å². The Morgan fingerprint density at radius 1 is 1.00 bits per heavy atom. The molecular formula is C19H24N2O2S. The molecule has 24 heavy (non-hydrogen) atoms. The quantitative estimate of drug-likeness (QED) is 0.911. The molecule has 0 radical (unpaired) electrons. The van der Waals surface area contributed by atoms with Crippen LogP contribution in [0.15, 0.2) is 53.4 Å². The summed E-state index contributed by atoms with van der Waals surface area (Å²) < 4.78 is 27.7. The van der Waals surface area contributed by atoms with E-state index in [2.05, 4.69) is 16.5 Å². The number of hydrogen-bond acceptors (Lipinski definition) is 3. The van der Waals surface area contributed by atoms with E-state index in [9.17, 15) is 8.42 Å². The van der Waals surface area contributed by atoms with Crippen molar-refractivity contribution in [1.29, 1.82) is 0 Å². The van der Waals surface area contributed by atoms with Gasteiger partial charge in [-0.2, -0.15) is 0 Å². The molecule has 0 saturated carbocycles. The highest BCUT2D eigenvalue weighted by Crippen LogP contribution is 2.25. The Morgan fingerprint density at radius 3 is 2.25 bits per heavy atom. The number of benzene rings is 2. The fraction of sp³-hybridized carbons (Fsp3) is 0.368. The molecule has 0 spiro atoms. The predicted molar refractivity (Wildman–Crippen MR) is 99.0 cm³/mol. The van der Waals surface area contributed by atoms with Gasteiger partial charge in [-0.25, -0.2) is 8.42 Å². The molecule has 2 aromatic rings. The van der Waals surface area contributed by atoms with E-state index in [1.165, 1.54) is 12.8 Å². The SMILES string of the molecule is Cc1ccccc1S(=O)(=O)Nc1ccc(N2CCC(C)CC2)cc1. The number of rotatable bonds is 4. The first-order chi connectivity index (χ1) is 11.5. The fourth-order valence-corrected chi connectivity index (χ4v) is 4.38. The Labute approximate surface area is 144 Å². The molecule has 0 bridgehead atoms. The van der Waals surface area contributed by atoms with Crippen molar-refractivity contribution < 1.29 is 8.42 Å². The van der Waals surface area contributed by atoms with Gasteiger partial charge < -0.3 is 4.90 Å². The number of nitrogens with zero attached hydrogens (tertiary/aromatic N) is 1. The maximum atomic E-state index is 12.5. The summed E-state index contributed by atoms with van der Waals surface area (Å²) in [4.78, 5) is 2.68. The fourth-order valence-electron chi connectivity index (χ4n) is 3.08. The van der Waals surface area contributed by atoms with Crippen LogP contribution in [0.2, 0.25) is 0 Å². The molecule has 0 unspecified atom stereocenters. The second-order valence-electron chi connectivity index (χ2n) is 6.59. The Morgan fingerprint density at radius 2 is 1.62 bits per heavy atom. The highest BCUT2D eigenvalue weighted by molar-refractivity contribution is 7.92. The lowest BCUT2D eigenvalue weighted by molar-refractivity contribution is 0.438. The number of nitrogens with one attached hydrogen (secondary N) is 1. The van der Waals surface area contributed by atoms with Crippen LogP contribution in [0.3, 0.4) is 0 Å². The maximum absolute atomic E-state index is 12.5. The minimum Gasteiger partial charge on any atom is -0.372 e. The molecule has 128 valence electrons. The van der Waals surface area contributed by atoms with Crippen molar-refractivity contribution >= 4 is 21.4 Å². The van der Waals surface area contributed by atoms with Crippen LogP contribution in [0.5, 0.6) is 0 Å². The Hall–Kier alpha value is -2.01. The van der Waals surface area contributed by atoms with Crippen LogP contribution in [0, 0.1) is 12.8 Å². The summed E-state index contributed by atoms with van der Waals surface area (Å²) >= 11 is 0. The first kappa shape index (κ1) is 16.8. The van der Waals surface area contributed by atoms with Crippen LogP contribution in [0.1, 0.15) is 25.3 Å². The van der Waals surface area contributed by atoms with Crippen LogP contribution in [0.25, 0.3) is 0 Å². The van der Waals surface area contributed by atoms with Gasteiger partial charge in [0.25, 0.3) is 10.0 Å². The van der Waals surface area contributed by atoms with E-state index >= 15 is 0 Å². The minimum atomic E-state index is -3.55. The molecule has 4 nitrogen and oxygen atoms in total. The average molecular weight is 344 g/mol. The van der Waals surface area contributed by atoms with Crippen LogP contribution in [0.4, 0.5) is 11.4 Å². The molecule has 3 rings (SSSR count). The zero-order valence-corrected chi connectivity index (χ0v) is 15.0. The topological polar surface area (TPSA) is 49.4 Å². The van der Waals surface area contributed by atoms with E-state index in [-0.39, 0.29) is 0 Å². The summed E-state index contributed by atoms with van der Waals surface area (Å²) in [5.74, 6) is 0.793. The van der Waals surface area contributed by atoms with E-state index < -0.39 is 10.0 Å². The third-order valence-electron chi connectivity index (χ3n) is 4.65. The van der Waals surface area contributed by atoms with Crippen LogP contribution >= 0.6 is 0 Å². The smallest absolute Gasteiger partial charge is 0.262 e. The van der Waals surface area contributed by atoms with E-state index in [1.54, 1.807) is 25.1 Å². The summed E-state index contributed by atoms with van der Waals surface area (Å²) in [6.45, 7) is 6.22. The van der Waals surface area contributed by atoms with Gasteiger partial charge in [-0.15, -0.1) is 0 Å². The largest absolute Gasteiger partial charge is 0.372 e. The number of hydrogen-bond donors (Lipinski definition) is 1. The molecule has 2 aromatic carbocycles. The molecule has 0 aromatic heterocycles. The van der Waals surface area contributed by atoms with Crippen molar-refractivity contribution in [3.63, 3.8) is 0 Å². The number of piperidine rings is 1. The van der Waals surface area contributed by atoms with E-state index in [4.69, 9.17) is 0 Å². The van der Waals surface area contributed by atoms with Crippen molar-refractivity contribution in [2.24, 2.45) is 5.92 Å². The van der Waals surface area contributed by atoms with E-state index in [1.807, 2.05) is 30.3 Å². The predicted octanol–water partition coefficient (Wildman–Crippen LogP) is 4.03. The molecule has 5 heteroatoms. The van der Waals surface area contributed by atoms with Gasteiger partial charge in [0.05, 0.1) is 4.90 Å². The normalized spacial score (nSPS) is 16.2. The van der Waals surface area contributed by atoms with Crippen molar-refractivity contribution in [3.05, 3.63) is 54.1 Å². The molecule has 1 aliphatic heterocycles. The Balaban J connectivity index is 1.73. The molecule has 1 aliphatic rings. The third-order valence-corrected chi connectivity index (χ3v) is 6.19. The molecule has 1 N–H and O–H groups in total. The summed E-state index contributed by atoms with van der Waals surface area (Å²) in [6.07, 6.45) is 2.42. The van der Waals surface area contributed by atoms with E-state index in [0.717, 1.165) is 30.3 Å². The van der Waals surface area contributed by atoms with Gasteiger partial charge in [0.1, 0.15) is 0 Å². The highest BCUT2D eigenvalue weighted by Gasteiger charge is 2.18. The number of anilines is 2. The highest BCUT2D eigenvalue weighted by atomic mass is 32.2. The lowest BCUT2D eigenvalue weighted by atomic mass is 9.99. The van der Waals surface area contributed by atoms with Gasteiger partial charge >= 0.3 is 0 Å². The number of aryl methyl sites for hydroxylation is 1. The molecule has 1 fully saturated rings. The summed E-state index contributed by atoms with van der Waals surface area (Å²) in [6, 6.07) is 14.7. The Kier molecular flexibility index (Phi) is 4.81. The first-order valence-corrected chi connectivity index (χ1v) is 9.87. The summed E-state index contributed by atoms with van der Waals surface area (Å²) in [5.41, 5.74) is 2.48. The van der Waals surface area contributed by atoms with Crippen molar-refractivity contribution in [3.8, 4) is 0 Å². The molecule has 1 heterocycles. The van der Waals surface area contributed by atoms with Gasteiger partial charge in [0.2, 0.25) is 0 Å². The lowest BCUT2D eigenvalue weighted by Gasteiger charge is -2.32. The standard InChI is InChI=1S/C19H24N2O2S/c1-15-11-13-21(14-12-15)18-9-7-17(8-10-18)20-24(22,23)19-6-4-3-5-16(19)2/h3-10,15,20H,11-14H2,1-2H3. The van der Waals surface area contributed by atoms with Crippen molar-refractivity contribution in [1.82, 2.24) is 0 Å². The van der Waals surface area contributed by atoms with Gasteiger partial charge in [-0.1, -0.05) is 25.1 Å². The van der Waals surface area contributed by atoms with Crippen molar-refractivity contribution in [2.45, 2.75) is 31.6 Å². The molecular weight excluding hydrogens is 320 g/mol. The zero-order valence-electron chi connectivity index (χ0n) is 14.2. The zero-order chi connectivity index (χ0) is 17.2. The molecule has 0 aliphatic carbocycles. The van der Waals surface area contributed by atoms with Gasteiger partial charge in [-0.05, 0) is 61.6 Å². The average Bonchev–Trinajstić information content (AvgIpc) is 2.56. The van der Waals surface area contributed by atoms with Gasteiger partial charge in [-0.3, -0.25) is 4.72 Å². The second kappa shape index (κ2) is 6.85. The molecule has 0 amide bonds. The lowest BCUT2D eigenvalue weighted by Crippen LogP contribution is -2.32. The third kappa shape index (κ3) is 3.73. The van der Waals surface area contributed by atoms with E-state index in [0.29, 0.717) is 10.6 Å². The first-order valence-electron chi connectivity index (χ1n) is 8.39. The molecule has 1 saturated heterocycles. The summed E-state index contributed by atoms with van der Waals surface area (Å²) in [7, 11) is -3.55. The maximum Gasteiger partial charge on any atom is 0.262 e. The monoisotopic (exact) mass is 344 g/mol. The van der Waals surface area contributed by atoms with Crippen LogP contribution in [-0.4, -0.2) is 21.5 Å². The number of sulfonamides is 1.